The average molecular weight is 385 g/mol. The molecule has 3 saturated carbocycles. The summed E-state index contributed by atoms with van der Waals surface area (Å²) in [5, 5.41) is 0. The highest BCUT2D eigenvalue weighted by Crippen LogP contribution is 2.68. The van der Waals surface area contributed by atoms with Gasteiger partial charge in [0.2, 0.25) is 0 Å². The summed E-state index contributed by atoms with van der Waals surface area (Å²) >= 11 is 0. The minimum atomic E-state index is 0.620. The van der Waals surface area contributed by atoms with Gasteiger partial charge in [0.25, 0.3) is 0 Å². The van der Waals surface area contributed by atoms with Gasteiger partial charge in [0.1, 0.15) is 0 Å². The van der Waals surface area contributed by atoms with Crippen LogP contribution in [0.3, 0.4) is 0 Å². The Morgan fingerprint density at radius 3 is 2.32 bits per heavy atom. The van der Waals surface area contributed by atoms with Crippen molar-refractivity contribution in [3.63, 3.8) is 0 Å². The Morgan fingerprint density at radius 1 is 0.821 bits per heavy atom. The summed E-state index contributed by atoms with van der Waals surface area (Å²) in [5.41, 5.74) is 1.27. The lowest BCUT2D eigenvalue weighted by Gasteiger charge is -2.60. The fourth-order valence-electron chi connectivity index (χ4n) is 8.87. The molecule has 0 aromatic heterocycles. The van der Waals surface area contributed by atoms with Crippen molar-refractivity contribution < 1.29 is 0 Å². The Balaban J connectivity index is 1.47. The van der Waals surface area contributed by atoms with Crippen LogP contribution < -0.4 is 0 Å². The van der Waals surface area contributed by atoms with E-state index in [4.69, 9.17) is 0 Å². The molecule has 0 amide bonds. The second-order valence-electron chi connectivity index (χ2n) is 12.6. The van der Waals surface area contributed by atoms with Gasteiger partial charge < -0.3 is 0 Å². The Hall–Kier alpha value is -0.260. The number of hydrogen-bond donors (Lipinski definition) is 0. The van der Waals surface area contributed by atoms with Crippen molar-refractivity contribution in [2.75, 3.05) is 0 Å². The van der Waals surface area contributed by atoms with Crippen molar-refractivity contribution in [2.24, 2.45) is 58.2 Å². The van der Waals surface area contributed by atoms with Crippen LogP contribution >= 0.6 is 0 Å². The van der Waals surface area contributed by atoms with E-state index in [9.17, 15) is 0 Å². The van der Waals surface area contributed by atoms with Crippen molar-refractivity contribution in [1.29, 1.82) is 0 Å². The molecule has 28 heavy (non-hydrogen) atoms. The molecule has 0 aromatic carbocycles. The first-order chi connectivity index (χ1) is 13.3. The maximum Gasteiger partial charge on any atom is -0.0229 e. The molecule has 4 rings (SSSR count). The van der Waals surface area contributed by atoms with Crippen LogP contribution in [0.15, 0.2) is 12.2 Å². The highest BCUT2D eigenvalue weighted by Gasteiger charge is 2.59. The standard InChI is InChI=1S/C28H48/c1-19(2)20(3)10-11-21(4)24-14-15-25-23-13-12-22-9-7-8-17-27(22,5)26(23)16-18-28(24,25)6/h7-8,19-26H,9-18H2,1-6H3/t20-,21+,22+,23-,24+,25-,26-,27-,28+/m0/s1. The largest absolute Gasteiger partial charge is 0.0882 e. The number of hydrogen-bond acceptors (Lipinski definition) is 0. The number of allylic oxidation sites excluding steroid dienone is 2. The van der Waals surface area contributed by atoms with Crippen LogP contribution in [0.5, 0.6) is 0 Å². The molecule has 0 N–H and O–H groups in total. The fraction of sp³-hybridized carbons (Fsp3) is 0.929. The van der Waals surface area contributed by atoms with Gasteiger partial charge >= 0.3 is 0 Å². The minimum absolute atomic E-state index is 0.620. The van der Waals surface area contributed by atoms with Gasteiger partial charge in [-0.15, -0.1) is 0 Å². The van der Waals surface area contributed by atoms with Crippen molar-refractivity contribution >= 4 is 0 Å². The molecular formula is C28H48. The van der Waals surface area contributed by atoms with Crippen LogP contribution in [0.2, 0.25) is 0 Å². The zero-order chi connectivity index (χ0) is 20.1. The summed E-state index contributed by atoms with van der Waals surface area (Å²) < 4.78 is 0. The molecule has 0 radical (unpaired) electrons. The van der Waals surface area contributed by atoms with Crippen molar-refractivity contribution in [3.8, 4) is 0 Å². The molecular weight excluding hydrogens is 336 g/mol. The molecule has 4 aliphatic carbocycles. The molecule has 0 unspecified atom stereocenters. The number of rotatable bonds is 5. The Morgan fingerprint density at radius 2 is 1.57 bits per heavy atom. The summed E-state index contributed by atoms with van der Waals surface area (Å²) in [6.07, 6.45) is 19.9. The second-order valence-corrected chi connectivity index (χ2v) is 12.6. The highest BCUT2D eigenvalue weighted by atomic mass is 14.6. The molecule has 0 heteroatoms. The molecule has 4 aliphatic rings. The molecule has 0 saturated heterocycles. The van der Waals surface area contributed by atoms with Gasteiger partial charge in [0.15, 0.2) is 0 Å². The van der Waals surface area contributed by atoms with E-state index < -0.39 is 0 Å². The third kappa shape index (κ3) is 3.33. The van der Waals surface area contributed by atoms with Crippen LogP contribution in [0.25, 0.3) is 0 Å². The SMILES string of the molecule is CC(C)[C@@H](C)CC[C@@H](C)[C@H]1CC[C@H]2[C@@H]3CC[C@H]4CC=CC[C@]4(C)[C@H]3CC[C@]12C. The van der Waals surface area contributed by atoms with E-state index in [0.717, 1.165) is 47.3 Å². The van der Waals surface area contributed by atoms with Gasteiger partial charge in [0, 0.05) is 0 Å². The van der Waals surface area contributed by atoms with E-state index >= 15 is 0 Å². The lowest BCUT2D eigenvalue weighted by atomic mass is 9.45. The summed E-state index contributed by atoms with van der Waals surface area (Å²) in [4.78, 5) is 0. The molecule has 9 atom stereocenters. The third-order valence-electron chi connectivity index (χ3n) is 11.2. The van der Waals surface area contributed by atoms with Gasteiger partial charge in [-0.1, -0.05) is 66.5 Å². The van der Waals surface area contributed by atoms with E-state index in [2.05, 4.69) is 53.7 Å². The van der Waals surface area contributed by atoms with Crippen LogP contribution in [-0.2, 0) is 0 Å². The van der Waals surface area contributed by atoms with Crippen LogP contribution in [0, 0.1) is 58.2 Å². The molecule has 0 bridgehead atoms. The van der Waals surface area contributed by atoms with Crippen molar-refractivity contribution in [3.05, 3.63) is 12.2 Å². The minimum Gasteiger partial charge on any atom is -0.0882 e. The van der Waals surface area contributed by atoms with Gasteiger partial charge in [-0.05, 0) is 110 Å². The monoisotopic (exact) mass is 384 g/mol. The van der Waals surface area contributed by atoms with E-state index in [-0.39, 0.29) is 0 Å². The van der Waals surface area contributed by atoms with Gasteiger partial charge in [-0.2, -0.15) is 0 Å². The lowest BCUT2D eigenvalue weighted by Crippen LogP contribution is -2.52. The summed E-state index contributed by atoms with van der Waals surface area (Å²) in [7, 11) is 0. The molecule has 0 heterocycles. The molecule has 0 aliphatic heterocycles. The van der Waals surface area contributed by atoms with E-state index in [0.29, 0.717) is 10.8 Å². The predicted molar refractivity (Wildman–Crippen MR) is 122 cm³/mol. The first kappa shape index (κ1) is 21.0. The third-order valence-corrected chi connectivity index (χ3v) is 11.2. The summed E-state index contributed by atoms with van der Waals surface area (Å²) in [6.45, 7) is 15.3. The van der Waals surface area contributed by atoms with Gasteiger partial charge in [-0.25, -0.2) is 0 Å². The maximum absolute atomic E-state index is 2.74. The summed E-state index contributed by atoms with van der Waals surface area (Å²) in [6, 6.07) is 0. The lowest BCUT2D eigenvalue weighted by molar-refractivity contribution is -0.101. The summed E-state index contributed by atoms with van der Waals surface area (Å²) in [5.74, 6) is 7.73. The van der Waals surface area contributed by atoms with Crippen LogP contribution in [0.4, 0.5) is 0 Å². The topological polar surface area (TPSA) is 0 Å². The van der Waals surface area contributed by atoms with Crippen LogP contribution in [0.1, 0.15) is 106 Å². The second kappa shape index (κ2) is 7.77. The van der Waals surface area contributed by atoms with Crippen molar-refractivity contribution in [1.82, 2.24) is 0 Å². The van der Waals surface area contributed by atoms with Crippen molar-refractivity contribution in [2.45, 2.75) is 106 Å². The Bertz CT molecular complexity index is 573. The molecule has 0 nitrogen and oxygen atoms in total. The smallest absolute Gasteiger partial charge is 0.0229 e. The van der Waals surface area contributed by atoms with Gasteiger partial charge in [-0.3, -0.25) is 0 Å². The average Bonchev–Trinajstić information content (AvgIpc) is 3.02. The first-order valence-corrected chi connectivity index (χ1v) is 12.9. The zero-order valence-corrected chi connectivity index (χ0v) is 19.8. The van der Waals surface area contributed by atoms with E-state index in [1.807, 2.05) is 0 Å². The number of fused-ring (bicyclic) bond motifs is 5. The van der Waals surface area contributed by atoms with Gasteiger partial charge in [0.05, 0.1) is 0 Å². The highest BCUT2D eigenvalue weighted by molar-refractivity contribution is 5.12. The predicted octanol–water partition coefficient (Wildman–Crippen LogP) is 8.52. The maximum atomic E-state index is 2.74. The fourth-order valence-corrected chi connectivity index (χ4v) is 8.87. The Labute approximate surface area is 176 Å². The van der Waals surface area contributed by atoms with E-state index in [1.54, 1.807) is 12.8 Å². The quantitative estimate of drug-likeness (QED) is 0.417. The molecule has 160 valence electrons. The molecule has 0 spiro atoms. The van der Waals surface area contributed by atoms with E-state index in [1.165, 1.54) is 51.4 Å². The molecule has 0 aromatic rings. The Kier molecular flexibility index (Phi) is 5.83. The zero-order valence-electron chi connectivity index (χ0n) is 19.8. The van der Waals surface area contributed by atoms with Crippen LogP contribution in [-0.4, -0.2) is 0 Å². The molecule has 3 fully saturated rings. The normalized spacial score (nSPS) is 47.3. The first-order valence-electron chi connectivity index (χ1n) is 12.9.